The van der Waals surface area contributed by atoms with Gasteiger partial charge in [-0.2, -0.15) is 13.2 Å². The van der Waals surface area contributed by atoms with Gasteiger partial charge in [-0.15, -0.1) is 0 Å². The zero-order chi connectivity index (χ0) is 10.5. The van der Waals surface area contributed by atoms with Crippen molar-refractivity contribution in [1.29, 1.82) is 0 Å². The predicted octanol–water partition coefficient (Wildman–Crippen LogP) is 2.23. The summed E-state index contributed by atoms with van der Waals surface area (Å²) in [7, 11) is 1.08. The lowest BCUT2D eigenvalue weighted by Crippen LogP contribution is -2.25. The fourth-order valence-corrected chi connectivity index (χ4v) is 2.65. The van der Waals surface area contributed by atoms with E-state index >= 15 is 0 Å². The molecule has 0 rings (SSSR count). The van der Waals surface area contributed by atoms with Gasteiger partial charge in [-0.25, -0.2) is 0 Å². The van der Waals surface area contributed by atoms with Gasteiger partial charge in [0.25, 0.3) is 0 Å². The molecule has 0 fully saturated rings. The Bertz CT molecular complexity index is 136. The van der Waals surface area contributed by atoms with Crippen molar-refractivity contribution in [1.82, 2.24) is 0 Å². The molecule has 0 spiro atoms. The van der Waals surface area contributed by atoms with Gasteiger partial charge in [0.1, 0.15) is 0 Å². The Labute approximate surface area is 77.9 Å². The van der Waals surface area contributed by atoms with Crippen LogP contribution < -0.4 is 0 Å². The summed E-state index contributed by atoms with van der Waals surface area (Å²) in [5.74, 6) is 0. The third kappa shape index (κ3) is 6.06. The van der Waals surface area contributed by atoms with E-state index in [1.807, 2.05) is 0 Å². The van der Waals surface area contributed by atoms with E-state index in [4.69, 9.17) is 8.85 Å². The van der Waals surface area contributed by atoms with E-state index in [9.17, 15) is 13.2 Å². The van der Waals surface area contributed by atoms with Crippen LogP contribution in [0.4, 0.5) is 13.2 Å². The molecule has 0 heterocycles. The van der Waals surface area contributed by atoms with Crippen molar-refractivity contribution in [3.63, 3.8) is 0 Å². The van der Waals surface area contributed by atoms with Crippen molar-refractivity contribution < 1.29 is 22.0 Å². The molecule has 0 aliphatic rings. The zero-order valence-corrected chi connectivity index (χ0v) is 9.17. The first-order valence-corrected chi connectivity index (χ1v) is 5.64. The van der Waals surface area contributed by atoms with E-state index in [0.29, 0.717) is 0 Å². The standard InChI is InChI=1S/C7H15F3O2Si/c1-6(13(11-2)12-3)4-5-7(8,9)10/h6,13H,4-5H2,1-3H3. The summed E-state index contributed by atoms with van der Waals surface area (Å²) in [5, 5.41) is 0. The Morgan fingerprint density at radius 1 is 1.23 bits per heavy atom. The molecule has 0 aliphatic carbocycles. The highest BCUT2D eigenvalue weighted by Crippen LogP contribution is 2.27. The number of halogens is 3. The van der Waals surface area contributed by atoms with E-state index in [2.05, 4.69) is 0 Å². The summed E-state index contributed by atoms with van der Waals surface area (Å²) in [6.45, 7) is 1.73. The minimum Gasteiger partial charge on any atom is -0.400 e. The second-order valence-electron chi connectivity index (χ2n) is 2.97. The van der Waals surface area contributed by atoms with Gasteiger partial charge < -0.3 is 8.85 Å². The zero-order valence-electron chi connectivity index (χ0n) is 8.02. The van der Waals surface area contributed by atoms with Gasteiger partial charge in [0.05, 0.1) is 0 Å². The van der Waals surface area contributed by atoms with Crippen molar-refractivity contribution in [3.8, 4) is 0 Å². The van der Waals surface area contributed by atoms with Crippen molar-refractivity contribution in [3.05, 3.63) is 0 Å². The number of rotatable bonds is 5. The van der Waals surface area contributed by atoms with Gasteiger partial charge in [0.2, 0.25) is 0 Å². The Hall–Kier alpha value is -0.0731. The molecule has 2 nitrogen and oxygen atoms in total. The average Bonchev–Trinajstić information content (AvgIpc) is 2.02. The van der Waals surface area contributed by atoms with Gasteiger partial charge in [0.15, 0.2) is 0 Å². The third-order valence-corrected chi connectivity index (χ3v) is 4.00. The molecule has 1 atom stereocenters. The molecule has 0 aromatic carbocycles. The number of hydrogen-bond donors (Lipinski definition) is 0. The monoisotopic (exact) mass is 216 g/mol. The highest BCUT2D eigenvalue weighted by molar-refractivity contribution is 6.46. The smallest absolute Gasteiger partial charge is 0.389 e. The molecule has 0 N–H and O–H groups in total. The van der Waals surface area contributed by atoms with Gasteiger partial charge in [0, 0.05) is 20.6 Å². The Morgan fingerprint density at radius 3 is 2.00 bits per heavy atom. The first kappa shape index (κ1) is 12.9. The van der Waals surface area contributed by atoms with Crippen LogP contribution in [0.3, 0.4) is 0 Å². The maximum atomic E-state index is 11.8. The molecular weight excluding hydrogens is 201 g/mol. The predicted molar refractivity (Wildman–Crippen MR) is 45.9 cm³/mol. The van der Waals surface area contributed by atoms with Crippen LogP contribution in [0.15, 0.2) is 0 Å². The summed E-state index contributed by atoms with van der Waals surface area (Å²) in [4.78, 5) is 0. The van der Waals surface area contributed by atoms with Crippen LogP contribution in [0.2, 0.25) is 5.54 Å². The summed E-state index contributed by atoms with van der Waals surface area (Å²) < 4.78 is 45.4. The molecule has 0 bridgehead atoms. The number of alkyl halides is 3. The normalized spacial score (nSPS) is 15.0. The van der Waals surface area contributed by atoms with E-state index < -0.39 is 21.9 Å². The summed E-state index contributed by atoms with van der Waals surface area (Å²) >= 11 is 0. The highest BCUT2D eigenvalue weighted by Gasteiger charge is 2.30. The van der Waals surface area contributed by atoms with Gasteiger partial charge >= 0.3 is 15.5 Å². The minimum absolute atomic E-state index is 0.0854. The Morgan fingerprint density at radius 2 is 1.69 bits per heavy atom. The third-order valence-electron chi connectivity index (χ3n) is 1.81. The van der Waals surface area contributed by atoms with Crippen LogP contribution in [0.25, 0.3) is 0 Å². The lowest BCUT2D eigenvalue weighted by atomic mass is 10.2. The number of hydrogen-bond acceptors (Lipinski definition) is 2. The highest BCUT2D eigenvalue weighted by atomic mass is 28.3. The maximum absolute atomic E-state index is 11.8. The lowest BCUT2D eigenvalue weighted by molar-refractivity contribution is -0.135. The summed E-state index contributed by atoms with van der Waals surface area (Å²) in [6, 6.07) is 0. The van der Waals surface area contributed by atoms with E-state index in [1.54, 1.807) is 6.92 Å². The molecule has 0 aromatic rings. The van der Waals surface area contributed by atoms with Gasteiger partial charge in [-0.05, 0) is 12.0 Å². The quantitative estimate of drug-likeness (QED) is 0.656. The van der Waals surface area contributed by atoms with Crippen molar-refractivity contribution in [2.75, 3.05) is 14.2 Å². The Balaban J connectivity index is 3.78. The van der Waals surface area contributed by atoms with E-state index in [-0.39, 0.29) is 12.0 Å². The van der Waals surface area contributed by atoms with Crippen molar-refractivity contribution >= 4 is 9.28 Å². The van der Waals surface area contributed by atoms with Crippen LogP contribution >= 0.6 is 0 Å². The molecule has 0 amide bonds. The minimum atomic E-state index is -4.07. The molecule has 6 heteroatoms. The summed E-state index contributed by atoms with van der Waals surface area (Å²) in [5.41, 5.74) is -0.114. The maximum Gasteiger partial charge on any atom is 0.389 e. The van der Waals surface area contributed by atoms with Crippen LogP contribution in [-0.4, -0.2) is 29.7 Å². The molecule has 1 unspecified atom stereocenters. The molecule has 80 valence electrons. The van der Waals surface area contributed by atoms with E-state index in [0.717, 1.165) is 0 Å². The molecular formula is C7H15F3O2Si. The second kappa shape index (κ2) is 5.61. The SMILES string of the molecule is CO[SiH](OC)C(C)CCC(F)(F)F. The fourth-order valence-electron chi connectivity index (χ4n) is 1.09. The van der Waals surface area contributed by atoms with Crippen LogP contribution in [-0.2, 0) is 8.85 Å². The Kier molecular flexibility index (Phi) is 5.58. The van der Waals surface area contributed by atoms with Crippen molar-refractivity contribution in [2.45, 2.75) is 31.5 Å². The molecule has 0 aliphatic heterocycles. The fraction of sp³-hybridized carbons (Fsp3) is 1.00. The summed E-state index contributed by atoms with van der Waals surface area (Å²) in [6.07, 6.45) is -4.75. The van der Waals surface area contributed by atoms with Gasteiger partial charge in [-0.3, -0.25) is 0 Å². The topological polar surface area (TPSA) is 18.5 Å². The molecule has 13 heavy (non-hydrogen) atoms. The molecule has 0 saturated heterocycles. The van der Waals surface area contributed by atoms with Crippen LogP contribution in [0, 0.1) is 0 Å². The van der Waals surface area contributed by atoms with E-state index in [1.165, 1.54) is 14.2 Å². The van der Waals surface area contributed by atoms with Gasteiger partial charge in [-0.1, -0.05) is 6.92 Å². The second-order valence-corrected chi connectivity index (χ2v) is 5.79. The molecule has 0 aromatic heterocycles. The molecule has 0 saturated carbocycles. The van der Waals surface area contributed by atoms with Crippen LogP contribution in [0.5, 0.6) is 0 Å². The van der Waals surface area contributed by atoms with Crippen molar-refractivity contribution in [2.24, 2.45) is 0 Å². The lowest BCUT2D eigenvalue weighted by Gasteiger charge is -2.19. The molecule has 0 radical (unpaired) electrons. The van der Waals surface area contributed by atoms with Crippen LogP contribution in [0.1, 0.15) is 19.8 Å². The first-order valence-electron chi connectivity index (χ1n) is 4.03. The largest absolute Gasteiger partial charge is 0.400 e. The first-order chi connectivity index (χ1) is 5.90. The average molecular weight is 216 g/mol.